The van der Waals surface area contributed by atoms with Gasteiger partial charge < -0.3 is 30.3 Å². The Balaban J connectivity index is 1.83. The summed E-state index contributed by atoms with van der Waals surface area (Å²) in [6.45, 7) is 3.54. The van der Waals surface area contributed by atoms with Crippen molar-refractivity contribution in [2.45, 2.75) is 82.4 Å². The van der Waals surface area contributed by atoms with Crippen LogP contribution in [0.25, 0.3) is 0 Å². The molecular weight excluding hydrogens is 523 g/mol. The van der Waals surface area contributed by atoms with Crippen LogP contribution in [0, 0.1) is 11.7 Å². The fraction of sp³-hybridized carbons (Fsp3) is 0.724. The summed E-state index contributed by atoms with van der Waals surface area (Å²) < 4.78 is 27.0. The van der Waals surface area contributed by atoms with Gasteiger partial charge in [0.25, 0.3) is 0 Å². The van der Waals surface area contributed by atoms with Crippen LogP contribution in [0.4, 0.5) is 9.18 Å². The fourth-order valence-corrected chi connectivity index (χ4v) is 6.33. The van der Waals surface area contributed by atoms with Crippen LogP contribution in [0.15, 0.2) is 18.2 Å². The number of hydrogen-bond donors (Lipinski definition) is 3. The lowest BCUT2D eigenvalue weighted by Crippen LogP contribution is -2.62. The van der Waals surface area contributed by atoms with Crippen molar-refractivity contribution in [3.63, 3.8) is 0 Å². The summed E-state index contributed by atoms with van der Waals surface area (Å²) in [5, 5.41) is 9.46. The Morgan fingerprint density at radius 3 is 2.72 bits per heavy atom. The van der Waals surface area contributed by atoms with Crippen LogP contribution in [0.3, 0.4) is 0 Å². The number of ether oxygens (including phenoxy) is 2. The van der Waals surface area contributed by atoms with Gasteiger partial charge >= 0.3 is 6.03 Å². The van der Waals surface area contributed by atoms with Crippen molar-refractivity contribution in [1.82, 2.24) is 20.9 Å². The first-order valence-corrected chi connectivity index (χ1v) is 14.7. The Bertz CT molecular complexity index is 933. The van der Waals surface area contributed by atoms with Crippen LogP contribution in [0.2, 0.25) is 5.02 Å². The quantitative estimate of drug-likeness (QED) is 0.303. The van der Waals surface area contributed by atoms with E-state index >= 15 is 4.39 Å². The minimum atomic E-state index is -1.21. The van der Waals surface area contributed by atoms with Gasteiger partial charge in [-0.3, -0.25) is 4.79 Å². The molecule has 220 valence electrons. The Morgan fingerprint density at radius 1 is 1.26 bits per heavy atom. The summed E-state index contributed by atoms with van der Waals surface area (Å²) in [7, 11) is 3.53. The molecule has 2 unspecified atom stereocenters. The maximum absolute atomic E-state index is 15.5. The van der Waals surface area contributed by atoms with Crippen LogP contribution < -0.4 is 16.0 Å². The average Bonchev–Trinajstić information content (AvgIpc) is 2.92. The highest BCUT2D eigenvalue weighted by molar-refractivity contribution is 6.30. The topological polar surface area (TPSA) is 91.9 Å². The van der Waals surface area contributed by atoms with Gasteiger partial charge in [0.1, 0.15) is 11.9 Å². The second-order valence-electron chi connectivity index (χ2n) is 11.0. The molecule has 8 nitrogen and oxygen atoms in total. The number of morpholine rings is 1. The predicted molar refractivity (Wildman–Crippen MR) is 151 cm³/mol. The van der Waals surface area contributed by atoms with Gasteiger partial charge in [-0.1, -0.05) is 55.8 Å². The second-order valence-corrected chi connectivity index (χ2v) is 11.4. The normalized spacial score (nSPS) is 20.7. The number of rotatable bonds is 13. The number of benzene rings is 1. The monoisotopic (exact) mass is 568 g/mol. The molecule has 0 radical (unpaired) electrons. The molecular formula is C29H46ClFN4O4. The van der Waals surface area contributed by atoms with E-state index in [-0.39, 0.29) is 41.7 Å². The van der Waals surface area contributed by atoms with Crippen molar-refractivity contribution >= 4 is 23.5 Å². The second kappa shape index (κ2) is 15.7. The summed E-state index contributed by atoms with van der Waals surface area (Å²) in [4.78, 5) is 27.8. The maximum atomic E-state index is 15.5. The summed E-state index contributed by atoms with van der Waals surface area (Å²) in [5.41, 5.74) is -0.944. The molecule has 2 fully saturated rings. The van der Waals surface area contributed by atoms with Gasteiger partial charge in [-0.05, 0) is 44.7 Å². The zero-order chi connectivity index (χ0) is 28.3. The number of nitrogens with zero attached hydrogens (tertiary/aromatic N) is 1. The van der Waals surface area contributed by atoms with Crippen molar-refractivity contribution in [1.29, 1.82) is 0 Å². The van der Waals surface area contributed by atoms with E-state index in [1.54, 1.807) is 24.1 Å². The molecule has 0 aromatic heterocycles. The molecule has 1 saturated carbocycles. The standard InChI is InChI=1S/C29H46ClFN4O4/c1-21(36)34-29(14-7-8-16-38-3,24-12-9-13-25(30)27(24)31)26-20-35(15-17-39-26)28(37)33-23(19-32-2)18-22-10-5-4-6-11-22/h9,12-13,22-23,26,32H,4-8,10-11,14-20H2,1-3H3,(H,33,37)(H,34,36)/t23?,26?,29-/m1/s1. The lowest BCUT2D eigenvalue weighted by Gasteiger charge is -2.46. The number of likely N-dealkylation sites (N-methyl/N-ethyl adjacent to an activating group) is 1. The third kappa shape index (κ3) is 8.77. The third-order valence-electron chi connectivity index (χ3n) is 8.02. The fourth-order valence-electron chi connectivity index (χ4n) is 6.15. The highest BCUT2D eigenvalue weighted by Gasteiger charge is 2.46. The van der Waals surface area contributed by atoms with Crippen molar-refractivity contribution in [2.75, 3.05) is 47.0 Å². The molecule has 0 bridgehead atoms. The zero-order valence-electron chi connectivity index (χ0n) is 23.7. The third-order valence-corrected chi connectivity index (χ3v) is 8.32. The van der Waals surface area contributed by atoms with Crippen molar-refractivity contribution in [3.05, 3.63) is 34.6 Å². The lowest BCUT2D eigenvalue weighted by molar-refractivity contribution is -0.127. The van der Waals surface area contributed by atoms with Crippen LogP contribution in [0.1, 0.15) is 70.3 Å². The Morgan fingerprint density at radius 2 is 2.03 bits per heavy atom. The molecule has 1 saturated heterocycles. The predicted octanol–water partition coefficient (Wildman–Crippen LogP) is 4.60. The zero-order valence-corrected chi connectivity index (χ0v) is 24.5. The maximum Gasteiger partial charge on any atom is 0.317 e. The molecule has 3 N–H and O–H groups in total. The molecule has 3 amide bonds. The van der Waals surface area contributed by atoms with Crippen molar-refractivity contribution < 1.29 is 23.5 Å². The van der Waals surface area contributed by atoms with Gasteiger partial charge in [0.2, 0.25) is 5.91 Å². The average molecular weight is 569 g/mol. The first-order valence-electron chi connectivity index (χ1n) is 14.3. The minimum Gasteiger partial charge on any atom is -0.385 e. The van der Waals surface area contributed by atoms with Gasteiger partial charge in [0.15, 0.2) is 0 Å². The van der Waals surface area contributed by atoms with Crippen molar-refractivity contribution in [2.24, 2.45) is 5.92 Å². The molecule has 1 aromatic carbocycles. The van der Waals surface area contributed by atoms with Gasteiger partial charge in [0.05, 0.1) is 23.7 Å². The van der Waals surface area contributed by atoms with Crippen LogP contribution >= 0.6 is 11.6 Å². The molecule has 1 aromatic rings. The number of urea groups is 1. The summed E-state index contributed by atoms with van der Waals surface area (Å²) >= 11 is 6.20. The highest BCUT2D eigenvalue weighted by Crippen LogP contribution is 2.38. The molecule has 39 heavy (non-hydrogen) atoms. The Hall–Kier alpha value is -1.94. The molecule has 10 heteroatoms. The number of carbonyl (C=O) groups is 2. The first-order chi connectivity index (χ1) is 18.8. The lowest BCUT2D eigenvalue weighted by atomic mass is 9.78. The summed E-state index contributed by atoms with van der Waals surface area (Å²) in [6.07, 6.45) is 8.29. The molecule has 1 heterocycles. The van der Waals surface area contributed by atoms with E-state index in [4.69, 9.17) is 21.1 Å². The number of unbranched alkanes of at least 4 members (excludes halogenated alkanes) is 1. The van der Waals surface area contributed by atoms with E-state index in [9.17, 15) is 9.59 Å². The van der Waals surface area contributed by atoms with Gasteiger partial charge in [-0.25, -0.2) is 9.18 Å². The Kier molecular flexibility index (Phi) is 12.8. The number of halogens is 2. The highest BCUT2D eigenvalue weighted by atomic mass is 35.5. The number of nitrogens with one attached hydrogen (secondary N) is 3. The summed E-state index contributed by atoms with van der Waals surface area (Å²) in [5.74, 6) is -0.278. The van der Waals surface area contributed by atoms with E-state index in [2.05, 4.69) is 16.0 Å². The van der Waals surface area contributed by atoms with Gasteiger partial charge in [-0.2, -0.15) is 0 Å². The van der Waals surface area contributed by atoms with E-state index in [1.807, 2.05) is 7.05 Å². The minimum absolute atomic E-state index is 0.0198. The van der Waals surface area contributed by atoms with Gasteiger partial charge in [0, 0.05) is 45.3 Å². The molecule has 1 aliphatic carbocycles. The van der Waals surface area contributed by atoms with Crippen molar-refractivity contribution in [3.8, 4) is 0 Å². The van der Waals surface area contributed by atoms with Crippen LogP contribution in [-0.2, 0) is 19.8 Å². The van der Waals surface area contributed by atoms with E-state index < -0.39 is 17.5 Å². The largest absolute Gasteiger partial charge is 0.385 e. The molecule has 0 spiro atoms. The number of amides is 3. The smallest absolute Gasteiger partial charge is 0.317 e. The molecule has 2 aliphatic rings. The first kappa shape index (κ1) is 31.6. The van der Waals surface area contributed by atoms with Crippen LogP contribution in [-0.4, -0.2) is 76.0 Å². The molecule has 3 rings (SSSR count). The molecule has 3 atom stereocenters. The molecule has 1 aliphatic heterocycles. The van der Waals surface area contributed by atoms with Crippen LogP contribution in [0.5, 0.6) is 0 Å². The van der Waals surface area contributed by atoms with E-state index in [0.29, 0.717) is 38.5 Å². The Labute approximate surface area is 237 Å². The van der Waals surface area contributed by atoms with E-state index in [0.717, 1.165) is 12.8 Å². The number of methoxy groups -OCH3 is 1. The summed E-state index contributed by atoms with van der Waals surface area (Å²) in [6, 6.07) is 4.66. The van der Waals surface area contributed by atoms with Gasteiger partial charge in [-0.15, -0.1) is 0 Å². The SMILES string of the molecule is CNCC(CC1CCCCC1)NC(=O)N1CCOC([C@](CCCCOC)(NC(C)=O)c2cccc(Cl)c2F)C1. The number of carbonyl (C=O) groups excluding carboxylic acids is 2. The van der Waals surface area contributed by atoms with E-state index in [1.165, 1.54) is 45.1 Å². The number of hydrogen-bond acceptors (Lipinski definition) is 5.